The molecule has 22 heavy (non-hydrogen) atoms. The second-order valence-corrected chi connectivity index (χ2v) is 9.16. The van der Waals surface area contributed by atoms with Gasteiger partial charge in [-0.1, -0.05) is 87.8 Å². The van der Waals surface area contributed by atoms with Crippen LogP contribution in [0.4, 0.5) is 10.8 Å². The molecule has 0 atom stereocenters. The lowest BCUT2D eigenvalue weighted by Gasteiger charge is -2.23. The first-order chi connectivity index (χ1) is 10.1. The van der Waals surface area contributed by atoms with Gasteiger partial charge >= 0.3 is 0 Å². The summed E-state index contributed by atoms with van der Waals surface area (Å²) in [6.45, 7) is 0. The minimum atomic E-state index is -2.18. The Morgan fingerprint density at radius 1 is 1.05 bits per heavy atom. The molecule has 2 aromatic rings. The number of nitrogens with zero attached hydrogens (tertiary/aromatic N) is 3. The fourth-order valence-corrected chi connectivity index (χ4v) is 2.84. The molecule has 118 valence electrons. The van der Waals surface area contributed by atoms with Gasteiger partial charge in [0.25, 0.3) is 13.5 Å². The van der Waals surface area contributed by atoms with E-state index < -0.39 is 13.5 Å². The molecule has 1 heterocycles. The number of anilines is 2. The normalized spacial score (nSPS) is 12.3. The van der Waals surface area contributed by atoms with Crippen LogP contribution in [-0.2, 0) is 8.59 Å². The van der Waals surface area contributed by atoms with Crippen LogP contribution < -0.4 is 4.90 Å². The smallest absolute Gasteiger partial charge is 0.269 e. The highest BCUT2D eigenvalue weighted by Crippen LogP contribution is 2.40. The molecule has 4 nitrogen and oxygen atoms in total. The molecule has 0 aliphatic heterocycles. The van der Waals surface area contributed by atoms with E-state index in [1.165, 1.54) is 0 Å². The minimum Gasteiger partial charge on any atom is -0.269 e. The van der Waals surface area contributed by atoms with Gasteiger partial charge in [-0.25, -0.2) is 0 Å². The van der Waals surface area contributed by atoms with E-state index in [1.54, 1.807) is 30.3 Å². The maximum atomic E-state index is 12.4. The Kier molecular flexibility index (Phi) is 5.71. The zero-order chi connectivity index (χ0) is 16.5. The van der Waals surface area contributed by atoms with Gasteiger partial charge in [-0.15, -0.1) is 0 Å². The summed E-state index contributed by atoms with van der Waals surface area (Å²) >= 11 is 35.1. The molecule has 2 rings (SSSR count). The Morgan fingerprint density at radius 3 is 2.09 bits per heavy atom. The van der Waals surface area contributed by atoms with Gasteiger partial charge in [0.2, 0.25) is 5.13 Å². The maximum absolute atomic E-state index is 12.4. The number of benzene rings is 1. The Hall–Kier alpha value is -0.01000. The summed E-state index contributed by atoms with van der Waals surface area (Å²) in [7, 11) is 0. The number of hydrogen-bond acceptors (Lipinski definition) is 4. The van der Waals surface area contributed by atoms with Crippen molar-refractivity contribution in [3.8, 4) is 0 Å². The third kappa shape index (κ3) is 4.29. The molecule has 0 unspecified atom stereocenters. The summed E-state index contributed by atoms with van der Waals surface area (Å²) in [5, 5.41) is 0.115. The van der Waals surface area contributed by atoms with Crippen LogP contribution >= 0.6 is 81.1 Å². The summed E-state index contributed by atoms with van der Waals surface area (Å²) < 4.78 is -0.0883. The number of amides is 1. The van der Waals surface area contributed by atoms with Crippen LogP contribution in [-0.4, -0.2) is 19.1 Å². The van der Waals surface area contributed by atoms with Gasteiger partial charge < -0.3 is 0 Å². The van der Waals surface area contributed by atoms with E-state index in [4.69, 9.17) is 69.6 Å². The molecular weight excluding hydrogens is 435 g/mol. The molecule has 11 heteroatoms. The zero-order valence-corrected chi connectivity index (χ0v) is 15.7. The molecule has 0 aliphatic rings. The molecule has 0 fully saturated rings. The van der Waals surface area contributed by atoms with E-state index in [2.05, 4.69) is 9.36 Å². The molecule has 1 aromatic carbocycles. The second-order valence-electron chi connectivity index (χ2n) is 3.87. The van der Waals surface area contributed by atoms with Crippen molar-refractivity contribution in [3.63, 3.8) is 0 Å². The van der Waals surface area contributed by atoms with Gasteiger partial charge in [0, 0.05) is 11.5 Å². The van der Waals surface area contributed by atoms with Crippen molar-refractivity contribution in [2.24, 2.45) is 0 Å². The lowest BCUT2D eigenvalue weighted by Crippen LogP contribution is -2.36. The van der Waals surface area contributed by atoms with E-state index in [-0.39, 0.29) is 11.0 Å². The summed E-state index contributed by atoms with van der Waals surface area (Å²) in [5.41, 5.74) is 0.436. The molecule has 0 spiro atoms. The largest absolute Gasteiger partial charge is 0.285 e. The van der Waals surface area contributed by atoms with Gasteiger partial charge in [0.05, 0.1) is 5.69 Å². The molecule has 0 saturated heterocycles. The first-order valence-electron chi connectivity index (χ1n) is 5.48. The van der Waals surface area contributed by atoms with Crippen molar-refractivity contribution in [1.82, 2.24) is 9.36 Å². The van der Waals surface area contributed by atoms with E-state index in [9.17, 15) is 4.79 Å². The summed E-state index contributed by atoms with van der Waals surface area (Å²) in [6.07, 6.45) is 0. The standard InChI is InChI=1S/C11H5Cl6N3OS/c12-10(13,14)7-18-9(22-19-7)20(8(21)11(15,16)17)6-4-2-1-3-5-6/h1-5H. The van der Waals surface area contributed by atoms with Crippen LogP contribution in [0.3, 0.4) is 0 Å². The van der Waals surface area contributed by atoms with Crippen molar-refractivity contribution in [1.29, 1.82) is 0 Å². The monoisotopic (exact) mass is 437 g/mol. The number of carbonyl (C=O) groups excluding carboxylic acids is 1. The fraction of sp³-hybridized carbons (Fsp3) is 0.182. The second kappa shape index (κ2) is 6.85. The first kappa shape index (κ1) is 18.3. The lowest BCUT2D eigenvalue weighted by atomic mass is 10.3. The Morgan fingerprint density at radius 2 is 1.64 bits per heavy atom. The number of hydrogen-bond donors (Lipinski definition) is 0. The number of halogens is 6. The van der Waals surface area contributed by atoms with Gasteiger partial charge in [-0.3, -0.25) is 9.69 Å². The number of carbonyl (C=O) groups is 1. The molecule has 0 N–H and O–H groups in total. The van der Waals surface area contributed by atoms with Crippen molar-refractivity contribution in [2.45, 2.75) is 7.59 Å². The highest BCUT2D eigenvalue weighted by molar-refractivity contribution is 7.10. The van der Waals surface area contributed by atoms with Crippen LogP contribution in [0.2, 0.25) is 0 Å². The predicted octanol–water partition coefficient (Wildman–Crippen LogP) is 5.40. The van der Waals surface area contributed by atoms with Crippen LogP contribution in [0.25, 0.3) is 0 Å². The van der Waals surface area contributed by atoms with E-state index in [0.717, 1.165) is 16.4 Å². The van der Waals surface area contributed by atoms with Gasteiger partial charge in [-0.2, -0.15) is 9.36 Å². The lowest BCUT2D eigenvalue weighted by molar-refractivity contribution is -0.117. The zero-order valence-electron chi connectivity index (χ0n) is 10.3. The summed E-state index contributed by atoms with van der Waals surface area (Å²) in [4.78, 5) is 17.5. The van der Waals surface area contributed by atoms with Crippen molar-refractivity contribution in [2.75, 3.05) is 4.90 Å². The molecule has 0 aliphatic carbocycles. The van der Waals surface area contributed by atoms with Crippen LogP contribution in [0, 0.1) is 0 Å². The summed E-state index contributed by atoms with van der Waals surface area (Å²) in [6, 6.07) is 8.49. The molecule has 1 amide bonds. The maximum Gasteiger partial charge on any atom is 0.285 e. The fourth-order valence-electron chi connectivity index (χ4n) is 1.44. The van der Waals surface area contributed by atoms with Crippen LogP contribution in [0.15, 0.2) is 30.3 Å². The third-order valence-corrected chi connectivity index (χ3v) is 4.01. The van der Waals surface area contributed by atoms with Crippen molar-refractivity contribution < 1.29 is 4.79 Å². The number of para-hydroxylation sites is 1. The molecule has 0 radical (unpaired) electrons. The number of rotatable bonds is 2. The van der Waals surface area contributed by atoms with Gasteiger partial charge in [0.15, 0.2) is 5.82 Å². The Balaban J connectivity index is 2.50. The van der Waals surface area contributed by atoms with E-state index in [0.29, 0.717) is 5.69 Å². The molecule has 0 bridgehead atoms. The van der Waals surface area contributed by atoms with Gasteiger partial charge in [-0.05, 0) is 12.1 Å². The van der Waals surface area contributed by atoms with Crippen molar-refractivity contribution >= 4 is 97.9 Å². The number of aromatic nitrogens is 2. The van der Waals surface area contributed by atoms with Gasteiger partial charge in [0.1, 0.15) is 0 Å². The summed E-state index contributed by atoms with van der Waals surface area (Å²) in [5.74, 6) is -0.897. The third-order valence-electron chi connectivity index (χ3n) is 2.32. The predicted molar refractivity (Wildman–Crippen MR) is 93.0 cm³/mol. The molecule has 1 aromatic heterocycles. The first-order valence-corrected chi connectivity index (χ1v) is 8.52. The quantitative estimate of drug-likeness (QED) is 0.588. The molecule has 0 saturated carbocycles. The number of alkyl halides is 6. The average Bonchev–Trinajstić information content (AvgIpc) is 2.88. The average molecular weight is 440 g/mol. The van der Waals surface area contributed by atoms with Crippen LogP contribution in [0.5, 0.6) is 0 Å². The Bertz CT molecular complexity index is 666. The molecular formula is C11H5Cl6N3OS. The highest BCUT2D eigenvalue weighted by Gasteiger charge is 2.39. The Labute approximate surface area is 160 Å². The van der Waals surface area contributed by atoms with E-state index in [1.807, 2.05) is 0 Å². The van der Waals surface area contributed by atoms with E-state index >= 15 is 0 Å². The highest BCUT2D eigenvalue weighted by atomic mass is 35.6. The topological polar surface area (TPSA) is 46.1 Å². The van der Waals surface area contributed by atoms with Crippen LogP contribution in [0.1, 0.15) is 5.82 Å². The SMILES string of the molecule is O=C(N(c1ccccc1)c1nc(C(Cl)(Cl)Cl)ns1)C(Cl)(Cl)Cl. The van der Waals surface area contributed by atoms with Crippen molar-refractivity contribution in [3.05, 3.63) is 36.2 Å². The minimum absolute atomic E-state index is 0.0736.